The number of benzene rings is 4. The molecule has 0 saturated carbocycles. The highest BCUT2D eigenvalue weighted by molar-refractivity contribution is 5.83. The minimum Gasteiger partial charge on any atom is -0.494 e. The van der Waals surface area contributed by atoms with Crippen molar-refractivity contribution in [2.24, 2.45) is 5.92 Å². The molecule has 1 saturated heterocycles. The lowest BCUT2D eigenvalue weighted by molar-refractivity contribution is 0.161. The first-order valence-electron chi connectivity index (χ1n) is 12.9. The van der Waals surface area contributed by atoms with Gasteiger partial charge in [0.15, 0.2) is 11.6 Å². The van der Waals surface area contributed by atoms with Crippen LogP contribution in [-0.2, 0) is 0 Å². The summed E-state index contributed by atoms with van der Waals surface area (Å²) < 4.78 is 46.8. The molecule has 0 spiro atoms. The minimum absolute atomic E-state index is 0.121. The molecule has 4 aromatic carbocycles. The first-order valence-corrected chi connectivity index (χ1v) is 12.9. The Kier molecular flexibility index (Phi) is 7.95. The number of fused-ring (bicyclic) bond motifs is 1. The molecule has 0 aliphatic carbocycles. The molecule has 1 aliphatic heterocycles. The van der Waals surface area contributed by atoms with Gasteiger partial charge in [0.1, 0.15) is 11.6 Å². The largest absolute Gasteiger partial charge is 0.494 e. The second kappa shape index (κ2) is 11.7. The predicted octanol–water partition coefficient (Wildman–Crippen LogP) is 7.59. The summed E-state index contributed by atoms with van der Waals surface area (Å²) in [5.41, 5.74) is 1.45. The SMILES string of the molecule is Fc1ccc(C(Nc2ccc(F)c(F)c2)C2CCN(CCCOc3ccc4ccccc4c3)CC2)cc1. The van der Waals surface area contributed by atoms with Gasteiger partial charge in [-0.25, -0.2) is 13.2 Å². The summed E-state index contributed by atoms with van der Waals surface area (Å²) in [7, 11) is 0. The third-order valence-corrected chi connectivity index (χ3v) is 7.18. The highest BCUT2D eigenvalue weighted by atomic mass is 19.2. The Morgan fingerprint density at radius 2 is 1.57 bits per heavy atom. The molecule has 0 bridgehead atoms. The van der Waals surface area contributed by atoms with Crippen LogP contribution < -0.4 is 10.1 Å². The minimum atomic E-state index is -0.886. The molecule has 0 aromatic heterocycles. The fraction of sp³-hybridized carbons (Fsp3) is 0.290. The molecule has 1 N–H and O–H groups in total. The van der Waals surface area contributed by atoms with Gasteiger partial charge < -0.3 is 15.0 Å². The zero-order valence-electron chi connectivity index (χ0n) is 20.7. The van der Waals surface area contributed by atoms with Gasteiger partial charge in [-0.2, -0.15) is 0 Å². The van der Waals surface area contributed by atoms with Crippen LogP contribution in [-0.4, -0.2) is 31.1 Å². The Morgan fingerprint density at radius 1 is 0.811 bits per heavy atom. The van der Waals surface area contributed by atoms with Crippen LogP contribution in [0.25, 0.3) is 10.8 Å². The van der Waals surface area contributed by atoms with Crippen molar-refractivity contribution in [2.75, 3.05) is 31.6 Å². The third-order valence-electron chi connectivity index (χ3n) is 7.18. The normalized spacial score (nSPS) is 15.5. The van der Waals surface area contributed by atoms with Crippen molar-refractivity contribution >= 4 is 16.5 Å². The summed E-state index contributed by atoms with van der Waals surface area (Å²) in [5, 5.41) is 5.76. The van der Waals surface area contributed by atoms with Crippen LogP contribution in [0.1, 0.15) is 30.9 Å². The van der Waals surface area contributed by atoms with Crippen LogP contribution in [0.2, 0.25) is 0 Å². The first kappa shape index (κ1) is 25.2. The Balaban J connectivity index is 1.14. The Labute approximate surface area is 215 Å². The van der Waals surface area contributed by atoms with Crippen LogP contribution in [0.15, 0.2) is 84.9 Å². The Hall–Kier alpha value is -3.51. The van der Waals surface area contributed by atoms with Gasteiger partial charge in [-0.3, -0.25) is 0 Å². The Bertz CT molecular complexity index is 1320. The van der Waals surface area contributed by atoms with Crippen LogP contribution in [0.4, 0.5) is 18.9 Å². The monoisotopic (exact) mass is 504 g/mol. The van der Waals surface area contributed by atoms with Crippen molar-refractivity contribution in [3.8, 4) is 5.75 Å². The molecule has 0 radical (unpaired) electrons. The highest BCUT2D eigenvalue weighted by Gasteiger charge is 2.28. The fourth-order valence-corrected chi connectivity index (χ4v) is 5.15. The number of anilines is 1. The van der Waals surface area contributed by atoms with E-state index in [2.05, 4.69) is 34.5 Å². The summed E-state index contributed by atoms with van der Waals surface area (Å²) in [4.78, 5) is 2.44. The van der Waals surface area contributed by atoms with Crippen molar-refractivity contribution in [1.29, 1.82) is 0 Å². The van der Waals surface area contributed by atoms with Gasteiger partial charge in [-0.05, 0) is 91.0 Å². The zero-order valence-corrected chi connectivity index (χ0v) is 20.7. The van der Waals surface area contributed by atoms with E-state index >= 15 is 0 Å². The molecule has 1 aliphatic rings. The van der Waals surface area contributed by atoms with Crippen molar-refractivity contribution in [2.45, 2.75) is 25.3 Å². The lowest BCUT2D eigenvalue weighted by atomic mass is 9.85. The van der Waals surface area contributed by atoms with Gasteiger partial charge in [0.25, 0.3) is 0 Å². The maximum Gasteiger partial charge on any atom is 0.160 e. The van der Waals surface area contributed by atoms with Gasteiger partial charge in [0, 0.05) is 18.3 Å². The Morgan fingerprint density at radius 3 is 2.32 bits per heavy atom. The third kappa shape index (κ3) is 6.44. The van der Waals surface area contributed by atoms with Crippen molar-refractivity contribution in [1.82, 2.24) is 4.90 Å². The van der Waals surface area contributed by atoms with Crippen LogP contribution >= 0.6 is 0 Å². The fourth-order valence-electron chi connectivity index (χ4n) is 5.15. The number of hydrogen-bond donors (Lipinski definition) is 1. The van der Waals surface area contributed by atoms with E-state index in [1.807, 2.05) is 18.2 Å². The molecule has 1 heterocycles. The van der Waals surface area contributed by atoms with E-state index in [1.54, 1.807) is 18.2 Å². The lowest BCUT2D eigenvalue weighted by Gasteiger charge is -2.37. The van der Waals surface area contributed by atoms with Crippen molar-refractivity contribution in [3.63, 3.8) is 0 Å². The maximum atomic E-state index is 13.8. The van der Waals surface area contributed by atoms with Gasteiger partial charge in [-0.1, -0.05) is 42.5 Å². The summed E-state index contributed by atoms with van der Waals surface area (Å²) in [6.07, 6.45) is 2.83. The van der Waals surface area contributed by atoms with Crippen molar-refractivity contribution in [3.05, 3.63) is 108 Å². The predicted molar refractivity (Wildman–Crippen MR) is 142 cm³/mol. The zero-order chi connectivity index (χ0) is 25.6. The number of piperidine rings is 1. The molecule has 6 heteroatoms. The number of rotatable bonds is 9. The molecule has 4 aromatic rings. The van der Waals surface area contributed by atoms with Gasteiger partial charge in [-0.15, -0.1) is 0 Å². The number of nitrogens with one attached hydrogen (secondary N) is 1. The van der Waals surface area contributed by atoms with E-state index in [1.165, 1.54) is 29.0 Å². The average molecular weight is 505 g/mol. The van der Waals surface area contributed by atoms with Gasteiger partial charge >= 0.3 is 0 Å². The van der Waals surface area contributed by atoms with Gasteiger partial charge in [0.05, 0.1) is 12.6 Å². The molecule has 1 atom stereocenters. The standard InChI is InChI=1S/C31H31F3N2O/c32-26-9-6-23(7-10-26)31(35-27-11-13-29(33)30(34)21-27)24-14-17-36(18-15-24)16-3-19-37-28-12-8-22-4-1-2-5-25(22)20-28/h1-2,4-13,20-21,24,31,35H,3,14-19H2. The molecule has 1 fully saturated rings. The van der Waals surface area contributed by atoms with E-state index in [0.29, 0.717) is 12.3 Å². The average Bonchev–Trinajstić information content (AvgIpc) is 2.93. The van der Waals surface area contributed by atoms with Crippen LogP contribution in [0.5, 0.6) is 5.75 Å². The smallest absolute Gasteiger partial charge is 0.160 e. The maximum absolute atomic E-state index is 13.8. The molecule has 37 heavy (non-hydrogen) atoms. The summed E-state index contributed by atoms with van der Waals surface area (Å²) in [5.74, 6) is -0.882. The summed E-state index contributed by atoms with van der Waals surface area (Å²) >= 11 is 0. The summed E-state index contributed by atoms with van der Waals surface area (Å²) in [6.45, 7) is 3.50. The first-order chi connectivity index (χ1) is 18.0. The lowest BCUT2D eigenvalue weighted by Crippen LogP contribution is -2.38. The second-order valence-corrected chi connectivity index (χ2v) is 9.69. The number of ether oxygens (including phenoxy) is 1. The van der Waals surface area contributed by atoms with E-state index in [4.69, 9.17) is 4.74 Å². The summed E-state index contributed by atoms with van der Waals surface area (Å²) in [6, 6.07) is 24.6. The molecule has 192 valence electrons. The molecule has 5 rings (SSSR count). The number of nitrogens with zero attached hydrogens (tertiary/aromatic N) is 1. The van der Waals surface area contributed by atoms with E-state index < -0.39 is 11.6 Å². The molecular formula is C31H31F3N2O. The van der Waals surface area contributed by atoms with Crippen LogP contribution in [0.3, 0.4) is 0 Å². The van der Waals surface area contributed by atoms with E-state index in [0.717, 1.165) is 56.3 Å². The topological polar surface area (TPSA) is 24.5 Å². The quantitative estimate of drug-likeness (QED) is 0.238. The molecular weight excluding hydrogens is 473 g/mol. The number of halogens is 3. The number of hydrogen-bond acceptors (Lipinski definition) is 3. The molecule has 3 nitrogen and oxygen atoms in total. The van der Waals surface area contributed by atoms with Crippen molar-refractivity contribution < 1.29 is 17.9 Å². The highest BCUT2D eigenvalue weighted by Crippen LogP contribution is 2.34. The van der Waals surface area contributed by atoms with E-state index in [-0.39, 0.29) is 17.8 Å². The number of likely N-dealkylation sites (tertiary alicyclic amines) is 1. The van der Waals surface area contributed by atoms with E-state index in [9.17, 15) is 13.2 Å². The molecule has 0 amide bonds. The second-order valence-electron chi connectivity index (χ2n) is 9.69. The van der Waals surface area contributed by atoms with Gasteiger partial charge in [0.2, 0.25) is 0 Å². The molecule has 1 unspecified atom stereocenters. The van der Waals surface area contributed by atoms with Crippen LogP contribution in [0, 0.1) is 23.4 Å².